The molecule has 1 aromatic rings. The van der Waals surface area contributed by atoms with Crippen molar-refractivity contribution in [3.63, 3.8) is 0 Å². The van der Waals surface area contributed by atoms with E-state index in [1.807, 2.05) is 0 Å². The van der Waals surface area contributed by atoms with Crippen molar-refractivity contribution in [1.82, 2.24) is 0 Å². The zero-order chi connectivity index (χ0) is 21.3. The molecular weight excluding hydrogens is 400 g/mol. The largest absolute Gasteiger partial charge is 0.500 e. The van der Waals surface area contributed by atoms with Crippen LogP contribution < -0.4 is 10.4 Å². The number of hydrogen-bond donors (Lipinski definition) is 0. The summed E-state index contributed by atoms with van der Waals surface area (Å²) in [5.41, 5.74) is 0. The lowest BCUT2D eigenvalue weighted by atomic mass is 10.4. The molecule has 0 heterocycles. The van der Waals surface area contributed by atoms with Crippen molar-refractivity contribution in [3.8, 4) is 0 Å². The van der Waals surface area contributed by atoms with E-state index in [1.54, 1.807) is 26.5 Å². The average Bonchev–Trinajstić information content (AvgIpc) is 2.69. The second-order valence-electron chi connectivity index (χ2n) is 8.79. The van der Waals surface area contributed by atoms with Crippen molar-refractivity contribution < 1.29 is 18.0 Å². The van der Waals surface area contributed by atoms with E-state index >= 15 is 0 Å². The summed E-state index contributed by atoms with van der Waals surface area (Å²) in [5, 5.41) is 3.09. The molecular formula is C21H42O4Si3. The summed E-state index contributed by atoms with van der Waals surface area (Å²) in [6, 6.07) is 13.0. The molecule has 1 aromatic carbocycles. The number of hydrogen-bond acceptors (Lipinski definition) is 4. The van der Waals surface area contributed by atoms with Gasteiger partial charge in [0, 0.05) is 40.6 Å². The van der Waals surface area contributed by atoms with Gasteiger partial charge in [-0.25, -0.2) is 0 Å². The smallest absolute Gasteiger partial charge is 0.382 e. The van der Waals surface area contributed by atoms with E-state index < -0.39 is 25.0 Å². The van der Waals surface area contributed by atoms with Crippen LogP contribution in [-0.2, 0) is 18.0 Å². The molecule has 1 rings (SSSR count). The molecule has 162 valence electrons. The molecule has 0 aromatic heterocycles. The van der Waals surface area contributed by atoms with E-state index in [9.17, 15) is 0 Å². The molecule has 0 bridgehead atoms. The monoisotopic (exact) mass is 442 g/mol. The van der Waals surface area contributed by atoms with Crippen LogP contribution in [0.2, 0.25) is 44.3 Å². The molecule has 0 amide bonds. The highest BCUT2D eigenvalue weighted by Gasteiger charge is 2.38. The van der Waals surface area contributed by atoms with Crippen LogP contribution in [0.1, 0.15) is 19.8 Å². The number of ether oxygens (including phenoxy) is 1. The van der Waals surface area contributed by atoms with Gasteiger partial charge in [-0.3, -0.25) is 0 Å². The first-order valence-electron chi connectivity index (χ1n) is 10.5. The minimum atomic E-state index is -2.45. The lowest BCUT2D eigenvalue weighted by Gasteiger charge is -2.28. The zero-order valence-corrected chi connectivity index (χ0v) is 22.4. The second kappa shape index (κ2) is 11.8. The summed E-state index contributed by atoms with van der Waals surface area (Å²) >= 11 is 0. The van der Waals surface area contributed by atoms with Gasteiger partial charge in [-0.2, -0.15) is 0 Å². The van der Waals surface area contributed by atoms with Crippen LogP contribution in [0.3, 0.4) is 0 Å². The van der Waals surface area contributed by atoms with E-state index in [1.165, 1.54) is 23.7 Å². The van der Waals surface area contributed by atoms with E-state index in [0.717, 1.165) is 25.7 Å². The first-order valence-corrected chi connectivity index (χ1v) is 18.8. The fourth-order valence-electron chi connectivity index (χ4n) is 3.72. The maximum atomic E-state index is 5.56. The third-order valence-electron chi connectivity index (χ3n) is 5.96. The Bertz CT molecular complexity index is 549. The van der Waals surface area contributed by atoms with Gasteiger partial charge in [0.05, 0.1) is 16.1 Å². The van der Waals surface area contributed by atoms with Gasteiger partial charge < -0.3 is 18.0 Å². The SMILES string of the molecule is CCOCCC[Si](C)(C)c1ccc([Si](C)(C)CCC[Si](OC)(OC)OC)cc1. The zero-order valence-electron chi connectivity index (χ0n) is 19.4. The molecule has 0 saturated heterocycles. The van der Waals surface area contributed by atoms with E-state index in [4.69, 9.17) is 18.0 Å². The van der Waals surface area contributed by atoms with Gasteiger partial charge in [-0.15, -0.1) is 0 Å². The molecule has 0 spiro atoms. The quantitative estimate of drug-likeness (QED) is 0.319. The van der Waals surface area contributed by atoms with Crippen molar-refractivity contribution in [2.75, 3.05) is 34.5 Å². The molecule has 28 heavy (non-hydrogen) atoms. The molecule has 4 nitrogen and oxygen atoms in total. The predicted molar refractivity (Wildman–Crippen MR) is 128 cm³/mol. The van der Waals surface area contributed by atoms with Gasteiger partial charge >= 0.3 is 8.80 Å². The molecule has 0 saturated carbocycles. The lowest BCUT2D eigenvalue weighted by molar-refractivity contribution is 0.123. The summed E-state index contributed by atoms with van der Waals surface area (Å²) in [6.07, 6.45) is 2.25. The van der Waals surface area contributed by atoms with Crippen LogP contribution in [0.15, 0.2) is 24.3 Å². The molecule has 0 aliphatic heterocycles. The Labute approximate surface area is 176 Å². The highest BCUT2D eigenvalue weighted by atomic mass is 28.4. The van der Waals surface area contributed by atoms with Crippen molar-refractivity contribution in [1.29, 1.82) is 0 Å². The number of benzene rings is 1. The maximum absolute atomic E-state index is 5.56. The Morgan fingerprint density at radius 2 is 1.11 bits per heavy atom. The summed E-state index contributed by atoms with van der Waals surface area (Å²) < 4.78 is 22.2. The normalized spacial score (nSPS) is 13.1. The first-order chi connectivity index (χ1) is 13.2. The summed E-state index contributed by atoms with van der Waals surface area (Å²) in [5.74, 6) is 0. The highest BCUT2D eigenvalue weighted by Crippen LogP contribution is 2.21. The van der Waals surface area contributed by atoms with Crippen LogP contribution in [0.4, 0.5) is 0 Å². The lowest BCUT2D eigenvalue weighted by Crippen LogP contribution is -2.46. The van der Waals surface area contributed by atoms with Gasteiger partial charge in [-0.1, -0.05) is 79.3 Å². The molecule has 0 aliphatic rings. The molecule has 0 aliphatic carbocycles. The fraction of sp³-hybridized carbons (Fsp3) is 0.714. The minimum absolute atomic E-state index is 0.819. The number of rotatable bonds is 14. The highest BCUT2D eigenvalue weighted by molar-refractivity contribution is 6.91. The topological polar surface area (TPSA) is 36.9 Å². The summed E-state index contributed by atoms with van der Waals surface area (Å²) in [4.78, 5) is 0. The molecule has 0 unspecified atom stereocenters. The third-order valence-corrected chi connectivity index (χ3v) is 15.8. The Kier molecular flexibility index (Phi) is 10.8. The molecule has 7 heteroatoms. The van der Waals surface area contributed by atoms with Gasteiger partial charge in [0.25, 0.3) is 0 Å². The van der Waals surface area contributed by atoms with Crippen molar-refractivity contribution in [3.05, 3.63) is 24.3 Å². The van der Waals surface area contributed by atoms with Gasteiger partial charge in [0.2, 0.25) is 0 Å². The Hall–Kier alpha value is -0.289. The van der Waals surface area contributed by atoms with Crippen LogP contribution in [-0.4, -0.2) is 59.5 Å². The summed E-state index contributed by atoms with van der Waals surface area (Å²) in [7, 11) is -0.238. The van der Waals surface area contributed by atoms with Crippen molar-refractivity contribution in [2.24, 2.45) is 0 Å². The van der Waals surface area contributed by atoms with Crippen LogP contribution in [0.25, 0.3) is 0 Å². The Balaban J connectivity index is 2.69. The molecule has 0 N–H and O–H groups in total. The van der Waals surface area contributed by atoms with Crippen molar-refractivity contribution in [2.45, 2.75) is 64.1 Å². The maximum Gasteiger partial charge on any atom is 0.500 e. The third kappa shape index (κ3) is 7.51. The molecule has 0 atom stereocenters. The molecule has 0 fully saturated rings. The first kappa shape index (κ1) is 25.7. The minimum Gasteiger partial charge on any atom is -0.382 e. The Morgan fingerprint density at radius 3 is 1.50 bits per heavy atom. The van der Waals surface area contributed by atoms with Gasteiger partial charge in [-0.05, 0) is 13.3 Å². The predicted octanol–water partition coefficient (Wildman–Crippen LogP) is 4.21. The van der Waals surface area contributed by atoms with E-state index in [2.05, 4.69) is 57.4 Å². The van der Waals surface area contributed by atoms with Gasteiger partial charge in [0.15, 0.2) is 0 Å². The van der Waals surface area contributed by atoms with Gasteiger partial charge in [0.1, 0.15) is 0 Å². The van der Waals surface area contributed by atoms with Crippen molar-refractivity contribution >= 4 is 35.3 Å². The van der Waals surface area contributed by atoms with Crippen LogP contribution >= 0.6 is 0 Å². The second-order valence-corrected chi connectivity index (χ2v) is 21.6. The van der Waals surface area contributed by atoms with Crippen LogP contribution in [0.5, 0.6) is 0 Å². The molecule has 0 radical (unpaired) electrons. The standard InChI is InChI=1S/C21H42O4Si3/c1-9-25-16-10-17-26(5,6)20-12-14-21(15-13-20)27(7,8)18-11-19-28(22-2,23-3)24-4/h12-15H,9-11,16-19H2,1-8H3. The Morgan fingerprint density at radius 1 is 0.679 bits per heavy atom. The fourth-order valence-corrected chi connectivity index (χ4v) is 10.6. The van der Waals surface area contributed by atoms with E-state index in [0.29, 0.717) is 0 Å². The average molecular weight is 443 g/mol. The van der Waals surface area contributed by atoms with E-state index in [-0.39, 0.29) is 0 Å². The van der Waals surface area contributed by atoms with Crippen LogP contribution in [0, 0.1) is 0 Å². The summed E-state index contributed by atoms with van der Waals surface area (Å²) in [6.45, 7) is 13.6.